The molecule has 4 rings (SSSR count). The Bertz CT molecular complexity index is 960. The maximum absolute atomic E-state index is 3.79. The zero-order valence-electron chi connectivity index (χ0n) is 15.3. The number of hydrogen-bond acceptors (Lipinski definition) is 0. The molecule has 0 saturated heterocycles. The predicted molar refractivity (Wildman–Crippen MR) is 130 cm³/mol. The summed E-state index contributed by atoms with van der Waals surface area (Å²) in [6.07, 6.45) is 0. The van der Waals surface area contributed by atoms with Crippen LogP contribution < -0.4 is 21.2 Å². The van der Waals surface area contributed by atoms with Gasteiger partial charge in [-0.1, -0.05) is 0 Å². The van der Waals surface area contributed by atoms with E-state index in [1.807, 2.05) is 0 Å². The van der Waals surface area contributed by atoms with Crippen molar-refractivity contribution in [1.82, 2.24) is 0 Å². The Balaban J connectivity index is 2.13. The molecule has 0 aliphatic heterocycles. The van der Waals surface area contributed by atoms with Gasteiger partial charge < -0.3 is 0 Å². The van der Waals surface area contributed by atoms with E-state index in [2.05, 4.69) is 152 Å². The summed E-state index contributed by atoms with van der Waals surface area (Å²) in [6, 6.07) is 44.0. The van der Waals surface area contributed by atoms with Crippen LogP contribution in [0.3, 0.4) is 0 Å². The molecule has 28 heavy (non-hydrogen) atoms. The first-order valence-electron chi connectivity index (χ1n) is 9.10. The molecule has 0 spiro atoms. The van der Waals surface area contributed by atoms with Crippen molar-refractivity contribution in [2.75, 3.05) is 0 Å². The summed E-state index contributed by atoms with van der Waals surface area (Å²) in [4.78, 5) is 0. The topological polar surface area (TPSA) is 0 Å². The normalized spacial score (nSPS) is 11.9. The molecule has 0 nitrogen and oxygen atoms in total. The van der Waals surface area contributed by atoms with Crippen molar-refractivity contribution in [3.63, 3.8) is 0 Å². The molecule has 0 aromatic heterocycles. The molecule has 4 heteroatoms. The van der Waals surface area contributed by atoms with Gasteiger partial charge in [-0.25, -0.2) is 0 Å². The van der Waals surface area contributed by atoms with Crippen LogP contribution in [0.4, 0.5) is 0 Å². The number of hydrogen-bond donors (Lipinski definition) is 0. The van der Waals surface area contributed by atoms with Gasteiger partial charge >= 0.3 is 183 Å². The van der Waals surface area contributed by atoms with Crippen LogP contribution in [0.2, 0.25) is 0 Å². The Hall–Kier alpha value is -1.22. The van der Waals surface area contributed by atoms with Gasteiger partial charge in [0.2, 0.25) is 0 Å². The third-order valence-electron chi connectivity index (χ3n) is 4.82. The summed E-state index contributed by atoms with van der Waals surface area (Å²) in [7, 11) is 0. The molecule has 0 amide bonds. The van der Waals surface area contributed by atoms with Crippen molar-refractivity contribution in [3.8, 4) is 0 Å². The van der Waals surface area contributed by atoms with E-state index in [-0.39, 0.29) is 0 Å². The minimum absolute atomic E-state index is 1.39. The van der Waals surface area contributed by atoms with Crippen LogP contribution in [0, 0.1) is 0 Å². The van der Waals surface area contributed by atoms with E-state index in [1.54, 1.807) is 0 Å². The average Bonchev–Trinajstić information content (AvgIpc) is 2.80. The Morgan fingerprint density at radius 1 is 0.321 bits per heavy atom. The molecule has 4 aromatic rings. The van der Waals surface area contributed by atoms with Crippen molar-refractivity contribution >= 4 is 61.8 Å². The van der Waals surface area contributed by atoms with E-state index in [0.717, 1.165) is 0 Å². The molecular formula is C24H20P2Se2. The SMILES string of the molecule is [Se]=P(c1ccccc1)(c1ccccc1)P(=[Se])(c1ccccc1)c1ccccc1. The summed E-state index contributed by atoms with van der Waals surface area (Å²) in [5, 5.41) is 1.74. The van der Waals surface area contributed by atoms with Crippen LogP contribution in [0.15, 0.2) is 121 Å². The van der Waals surface area contributed by atoms with Crippen LogP contribution in [-0.2, 0) is 0 Å². The van der Waals surface area contributed by atoms with Gasteiger partial charge in [0.15, 0.2) is 0 Å². The summed E-state index contributed by atoms with van der Waals surface area (Å²) in [5.41, 5.74) is 0. The van der Waals surface area contributed by atoms with Crippen LogP contribution in [0.25, 0.3) is 0 Å². The van der Waals surface area contributed by atoms with Crippen molar-refractivity contribution in [2.45, 2.75) is 0 Å². The van der Waals surface area contributed by atoms with Gasteiger partial charge in [0, 0.05) is 0 Å². The van der Waals surface area contributed by atoms with E-state index < -0.39 is 10.4 Å². The van der Waals surface area contributed by atoms with Gasteiger partial charge in [0.25, 0.3) is 0 Å². The van der Waals surface area contributed by atoms with Crippen molar-refractivity contribution in [1.29, 1.82) is 0 Å². The molecule has 0 saturated carbocycles. The van der Waals surface area contributed by atoms with E-state index >= 15 is 0 Å². The first-order valence-corrected chi connectivity index (χ1v) is 17.8. The number of rotatable bonds is 5. The second-order valence-corrected chi connectivity index (χ2v) is 25.0. The Labute approximate surface area is 182 Å². The summed E-state index contributed by atoms with van der Waals surface area (Å²) < 4.78 is 0. The molecule has 0 aliphatic rings. The Kier molecular flexibility index (Phi) is 6.20. The summed E-state index contributed by atoms with van der Waals surface area (Å²) >= 11 is 7.58. The van der Waals surface area contributed by atoms with Gasteiger partial charge in [0.05, 0.1) is 0 Å². The molecule has 0 N–H and O–H groups in total. The molecule has 4 aromatic carbocycles. The summed E-state index contributed by atoms with van der Waals surface area (Å²) in [5.74, 6) is 0. The first kappa shape index (κ1) is 20.1. The summed E-state index contributed by atoms with van der Waals surface area (Å²) in [6.45, 7) is 0. The van der Waals surface area contributed by atoms with Crippen LogP contribution in [-0.4, -0.2) is 30.2 Å². The molecule has 0 unspecified atom stereocenters. The van der Waals surface area contributed by atoms with Gasteiger partial charge in [-0.05, 0) is 0 Å². The third kappa shape index (κ3) is 3.44. The molecular weight excluding hydrogens is 508 g/mol. The Morgan fingerprint density at radius 2 is 0.500 bits per heavy atom. The van der Waals surface area contributed by atoms with Gasteiger partial charge in [-0.2, -0.15) is 0 Å². The standard InChI is InChI=1S/C24H20P2Se2/c27-25(21-13-5-1-6-14-21,22-15-7-2-8-16-22)26(28,23-17-9-3-10-18-23)24-19-11-4-12-20-24/h1-20H. The maximum atomic E-state index is 3.79. The molecule has 0 heterocycles. The van der Waals surface area contributed by atoms with Crippen LogP contribution >= 0.6 is 10.4 Å². The van der Waals surface area contributed by atoms with Gasteiger partial charge in [0.1, 0.15) is 0 Å². The second-order valence-electron chi connectivity index (χ2n) is 6.49. The van der Waals surface area contributed by atoms with Crippen LogP contribution in [0.5, 0.6) is 0 Å². The van der Waals surface area contributed by atoms with E-state index in [1.165, 1.54) is 21.2 Å². The quantitative estimate of drug-likeness (QED) is 0.266. The zero-order chi connectivity index (χ0) is 19.5. The molecule has 0 atom stereocenters. The molecule has 0 fully saturated rings. The van der Waals surface area contributed by atoms with E-state index in [9.17, 15) is 0 Å². The fraction of sp³-hybridized carbons (Fsp3) is 0. The molecule has 0 radical (unpaired) electrons. The molecule has 138 valence electrons. The Morgan fingerprint density at radius 3 is 0.679 bits per heavy atom. The fourth-order valence-corrected chi connectivity index (χ4v) is 23.4. The third-order valence-corrected chi connectivity index (χ3v) is 34.0. The van der Waals surface area contributed by atoms with Crippen molar-refractivity contribution in [3.05, 3.63) is 121 Å². The minimum atomic E-state index is -1.91. The molecule has 0 aliphatic carbocycles. The predicted octanol–water partition coefficient (Wildman–Crippen LogP) is 4.41. The molecule has 0 bridgehead atoms. The van der Waals surface area contributed by atoms with Crippen LogP contribution in [0.1, 0.15) is 0 Å². The van der Waals surface area contributed by atoms with E-state index in [0.29, 0.717) is 0 Å². The van der Waals surface area contributed by atoms with Crippen molar-refractivity contribution < 1.29 is 0 Å². The van der Waals surface area contributed by atoms with E-state index in [4.69, 9.17) is 0 Å². The van der Waals surface area contributed by atoms with Gasteiger partial charge in [-0.15, -0.1) is 0 Å². The number of benzene rings is 4. The monoisotopic (exact) mass is 530 g/mol. The first-order chi connectivity index (χ1) is 13.7. The average molecular weight is 528 g/mol. The second kappa shape index (κ2) is 8.65. The zero-order valence-corrected chi connectivity index (χ0v) is 20.5. The van der Waals surface area contributed by atoms with Crippen molar-refractivity contribution in [2.24, 2.45) is 0 Å². The fourth-order valence-electron chi connectivity index (χ4n) is 3.47. The van der Waals surface area contributed by atoms with Gasteiger partial charge in [-0.3, -0.25) is 0 Å².